The lowest BCUT2D eigenvalue weighted by Gasteiger charge is -2.27. The van der Waals surface area contributed by atoms with Gasteiger partial charge in [0.1, 0.15) is 23.6 Å². The molecule has 2 N–H and O–H groups in total. The monoisotopic (exact) mass is 453 g/mol. The van der Waals surface area contributed by atoms with Gasteiger partial charge >= 0.3 is 0 Å². The normalized spacial score (nSPS) is 18.5. The number of hydrogen-bond acceptors (Lipinski definition) is 3. The average molecular weight is 454 g/mol. The van der Waals surface area contributed by atoms with Crippen molar-refractivity contribution in [3.63, 3.8) is 0 Å². The van der Waals surface area contributed by atoms with E-state index in [4.69, 9.17) is 4.74 Å². The number of nitrogens with one attached hydrogen (secondary N) is 2. The van der Waals surface area contributed by atoms with Crippen molar-refractivity contribution in [2.45, 2.75) is 25.2 Å². The van der Waals surface area contributed by atoms with Gasteiger partial charge in [-0.05, 0) is 42.8 Å². The van der Waals surface area contributed by atoms with Gasteiger partial charge in [0, 0.05) is 19.3 Å². The molecule has 9 heteroatoms. The third kappa shape index (κ3) is 4.65. The molecule has 166 valence electrons. The standard InChI is InChI=1S/C22H22F3N3O2.ClH/c1-30-14-4-2-13(3-5-14)11-28-12-15(20-16(23)6-7-17(24)21(20)28)22(29)27-19-8-9-26-10-18(19)25;/h2-7,12,18-19,26H,8-11H2,1H3,(H,27,29);1H. The SMILES string of the molecule is COc1ccc(Cn2cc(C(=O)NC3CCNCC3F)c3c(F)ccc(F)c32)cc1.Cl. The first kappa shape index (κ1) is 23.0. The Labute approximate surface area is 184 Å². The molecule has 0 saturated carbocycles. The lowest BCUT2D eigenvalue weighted by atomic mass is 10.0. The minimum absolute atomic E-state index is 0. The smallest absolute Gasteiger partial charge is 0.253 e. The number of ether oxygens (including phenoxy) is 1. The highest BCUT2D eigenvalue weighted by Crippen LogP contribution is 2.28. The van der Waals surface area contributed by atoms with Crippen molar-refractivity contribution in [3.05, 3.63) is 65.4 Å². The number of carbonyl (C=O) groups excluding carboxylic acids is 1. The Morgan fingerprint density at radius 3 is 2.58 bits per heavy atom. The average Bonchev–Trinajstić information content (AvgIpc) is 3.13. The van der Waals surface area contributed by atoms with Crippen molar-refractivity contribution in [2.75, 3.05) is 20.2 Å². The molecule has 5 nitrogen and oxygen atoms in total. The van der Waals surface area contributed by atoms with Gasteiger partial charge in [0.15, 0.2) is 0 Å². The molecule has 0 bridgehead atoms. The highest BCUT2D eigenvalue weighted by molar-refractivity contribution is 6.07. The number of piperidine rings is 1. The summed E-state index contributed by atoms with van der Waals surface area (Å²) in [7, 11) is 1.56. The summed E-state index contributed by atoms with van der Waals surface area (Å²) in [6.45, 7) is 0.952. The van der Waals surface area contributed by atoms with E-state index in [-0.39, 0.29) is 42.0 Å². The third-order valence-electron chi connectivity index (χ3n) is 5.40. The number of aromatic nitrogens is 1. The second-order valence-corrected chi connectivity index (χ2v) is 7.36. The molecule has 2 atom stereocenters. The first-order valence-electron chi connectivity index (χ1n) is 9.73. The lowest BCUT2D eigenvalue weighted by molar-refractivity contribution is 0.0893. The number of nitrogens with zero attached hydrogens (tertiary/aromatic N) is 1. The van der Waals surface area contributed by atoms with E-state index in [1.165, 1.54) is 10.8 Å². The molecule has 1 fully saturated rings. The predicted octanol–water partition coefficient (Wildman–Crippen LogP) is 3.83. The number of alkyl halides is 1. The van der Waals surface area contributed by atoms with Crippen molar-refractivity contribution >= 4 is 29.2 Å². The molecule has 2 aromatic carbocycles. The lowest BCUT2D eigenvalue weighted by Crippen LogP contribution is -2.50. The molecule has 1 aliphatic heterocycles. The molecule has 0 aliphatic carbocycles. The van der Waals surface area contributed by atoms with Crippen LogP contribution in [0.4, 0.5) is 13.2 Å². The number of methoxy groups -OCH3 is 1. The van der Waals surface area contributed by atoms with Gasteiger partial charge in [-0.1, -0.05) is 12.1 Å². The Morgan fingerprint density at radius 1 is 1.19 bits per heavy atom. The summed E-state index contributed by atoms with van der Waals surface area (Å²) in [5, 5.41) is 5.45. The maximum atomic E-state index is 14.6. The van der Waals surface area contributed by atoms with Crippen LogP contribution >= 0.6 is 12.4 Å². The van der Waals surface area contributed by atoms with Gasteiger partial charge < -0.3 is 19.9 Å². The molecular weight excluding hydrogens is 431 g/mol. The highest BCUT2D eigenvalue weighted by atomic mass is 35.5. The van der Waals surface area contributed by atoms with Gasteiger partial charge in [-0.15, -0.1) is 12.4 Å². The van der Waals surface area contributed by atoms with E-state index < -0.39 is 29.8 Å². The zero-order valence-electron chi connectivity index (χ0n) is 16.8. The van der Waals surface area contributed by atoms with Crippen LogP contribution in [0.3, 0.4) is 0 Å². The van der Waals surface area contributed by atoms with Gasteiger partial charge in [-0.2, -0.15) is 0 Å². The summed E-state index contributed by atoms with van der Waals surface area (Å²) in [6.07, 6.45) is 0.607. The largest absolute Gasteiger partial charge is 0.497 e. The maximum Gasteiger partial charge on any atom is 0.253 e. The molecule has 2 unspecified atom stereocenters. The van der Waals surface area contributed by atoms with Gasteiger partial charge in [-0.3, -0.25) is 4.79 Å². The van der Waals surface area contributed by atoms with Crippen LogP contribution in [0.5, 0.6) is 5.75 Å². The van der Waals surface area contributed by atoms with E-state index in [2.05, 4.69) is 10.6 Å². The molecule has 1 aliphatic rings. The molecule has 1 saturated heterocycles. The highest BCUT2D eigenvalue weighted by Gasteiger charge is 2.28. The number of rotatable bonds is 5. The van der Waals surface area contributed by atoms with Crippen molar-refractivity contribution in [1.82, 2.24) is 15.2 Å². The summed E-state index contributed by atoms with van der Waals surface area (Å²) < 4.78 is 50.0. The van der Waals surface area contributed by atoms with E-state index in [1.807, 2.05) is 12.1 Å². The molecule has 0 radical (unpaired) electrons. The molecule has 4 rings (SSSR count). The van der Waals surface area contributed by atoms with Gasteiger partial charge in [0.05, 0.1) is 29.6 Å². The number of hydrogen-bond donors (Lipinski definition) is 2. The molecule has 31 heavy (non-hydrogen) atoms. The Kier molecular flexibility index (Phi) is 7.12. The van der Waals surface area contributed by atoms with Crippen molar-refractivity contribution < 1.29 is 22.7 Å². The molecule has 2 heterocycles. The third-order valence-corrected chi connectivity index (χ3v) is 5.40. The number of fused-ring (bicyclic) bond motifs is 1. The molecule has 1 aromatic heterocycles. The van der Waals surface area contributed by atoms with E-state index in [0.717, 1.165) is 17.7 Å². The van der Waals surface area contributed by atoms with Gasteiger partial charge in [0.2, 0.25) is 0 Å². The predicted molar refractivity (Wildman–Crippen MR) is 115 cm³/mol. The molecule has 1 amide bonds. The summed E-state index contributed by atoms with van der Waals surface area (Å²) in [6, 6.07) is 8.52. The first-order chi connectivity index (χ1) is 14.5. The Hall–Kier alpha value is -2.71. The van der Waals surface area contributed by atoms with Crippen molar-refractivity contribution in [3.8, 4) is 5.75 Å². The van der Waals surface area contributed by atoms with Crippen molar-refractivity contribution in [2.24, 2.45) is 0 Å². The van der Waals surface area contributed by atoms with Crippen LogP contribution in [0.1, 0.15) is 22.3 Å². The van der Waals surface area contributed by atoms with Crippen LogP contribution in [0, 0.1) is 11.6 Å². The number of carbonyl (C=O) groups is 1. The number of halogens is 4. The van der Waals surface area contributed by atoms with E-state index in [0.29, 0.717) is 18.7 Å². The fourth-order valence-corrected chi connectivity index (χ4v) is 3.82. The van der Waals surface area contributed by atoms with E-state index >= 15 is 0 Å². The Bertz CT molecular complexity index is 1070. The molecule has 0 spiro atoms. The number of amides is 1. The van der Waals surface area contributed by atoms with E-state index in [9.17, 15) is 18.0 Å². The fraction of sp³-hybridized carbons (Fsp3) is 0.318. The van der Waals surface area contributed by atoms with Crippen LogP contribution in [0.15, 0.2) is 42.6 Å². The second kappa shape index (κ2) is 9.62. The topological polar surface area (TPSA) is 55.3 Å². The van der Waals surface area contributed by atoms with Gasteiger partial charge in [-0.25, -0.2) is 13.2 Å². The van der Waals surface area contributed by atoms with Crippen LogP contribution in [-0.2, 0) is 6.54 Å². The Balaban J connectivity index is 0.00000272. The Morgan fingerprint density at radius 2 is 1.90 bits per heavy atom. The van der Waals surface area contributed by atoms with Crippen LogP contribution in [-0.4, -0.2) is 42.9 Å². The quantitative estimate of drug-likeness (QED) is 0.617. The molecule has 3 aromatic rings. The van der Waals surface area contributed by atoms with Crippen LogP contribution in [0.2, 0.25) is 0 Å². The van der Waals surface area contributed by atoms with Gasteiger partial charge in [0.25, 0.3) is 5.91 Å². The first-order valence-corrected chi connectivity index (χ1v) is 9.73. The summed E-state index contributed by atoms with van der Waals surface area (Å²) >= 11 is 0. The summed E-state index contributed by atoms with van der Waals surface area (Å²) in [4.78, 5) is 12.9. The van der Waals surface area contributed by atoms with Crippen LogP contribution in [0.25, 0.3) is 10.9 Å². The minimum Gasteiger partial charge on any atom is -0.497 e. The maximum absolute atomic E-state index is 14.6. The zero-order chi connectivity index (χ0) is 21.3. The molecular formula is C22H23ClF3N3O2. The summed E-state index contributed by atoms with van der Waals surface area (Å²) in [5.74, 6) is -1.28. The second-order valence-electron chi connectivity index (χ2n) is 7.36. The summed E-state index contributed by atoms with van der Waals surface area (Å²) in [5.41, 5.74) is 0.810. The minimum atomic E-state index is -1.24. The number of benzene rings is 2. The fourth-order valence-electron chi connectivity index (χ4n) is 3.82. The zero-order valence-corrected chi connectivity index (χ0v) is 17.6. The van der Waals surface area contributed by atoms with Crippen LogP contribution < -0.4 is 15.4 Å². The van der Waals surface area contributed by atoms with E-state index in [1.54, 1.807) is 19.2 Å². The van der Waals surface area contributed by atoms with Crippen molar-refractivity contribution in [1.29, 1.82) is 0 Å².